The van der Waals surface area contributed by atoms with Crippen LogP contribution in [0.25, 0.3) is 159 Å². The second-order valence-corrected chi connectivity index (χ2v) is 42.4. The molecule has 1 aromatic heterocycles. The number of aromatic carboxylic acids is 1. The number of hydrogen-bond acceptors (Lipinski definition) is 6. The van der Waals surface area contributed by atoms with Crippen LogP contribution in [0, 0.1) is 23.7 Å². The first-order valence-corrected chi connectivity index (χ1v) is 47.6. The van der Waals surface area contributed by atoms with E-state index in [1.165, 1.54) is 141 Å². The van der Waals surface area contributed by atoms with Gasteiger partial charge in [-0.3, -0.25) is 4.79 Å². The van der Waals surface area contributed by atoms with Crippen LogP contribution in [-0.2, 0) is 27.2 Å². The van der Waals surface area contributed by atoms with Crippen molar-refractivity contribution in [2.24, 2.45) is 0 Å². The van der Waals surface area contributed by atoms with Crippen LogP contribution in [0.2, 0.25) is 0 Å². The van der Waals surface area contributed by atoms with Crippen LogP contribution in [0.15, 0.2) is 320 Å². The van der Waals surface area contributed by atoms with Crippen LogP contribution < -0.4 is 35.9 Å². The first-order valence-electron chi connectivity index (χ1n) is 47.6. The summed E-state index contributed by atoms with van der Waals surface area (Å²) in [4.78, 5) is 29.7. The lowest BCUT2D eigenvalue weighted by molar-refractivity contribution is 0.0696. The Balaban J connectivity index is 0.000000111. The number of benzene rings is 21. The highest BCUT2D eigenvalue weighted by atomic mass is 16.5. The van der Waals surface area contributed by atoms with Crippen LogP contribution in [0.4, 0.5) is 11.4 Å². The van der Waals surface area contributed by atoms with Gasteiger partial charge in [-0.15, -0.1) is 0 Å². The second-order valence-electron chi connectivity index (χ2n) is 42.4. The molecule has 0 aliphatic carbocycles. The molecule has 0 spiro atoms. The summed E-state index contributed by atoms with van der Waals surface area (Å²) in [5.74, 6) is 14.0. The number of aromatic hydroxyl groups is 1. The number of carboxylic acids is 1. The van der Waals surface area contributed by atoms with Crippen molar-refractivity contribution in [3.8, 4) is 40.9 Å². The van der Waals surface area contributed by atoms with E-state index in [0.29, 0.717) is 17.1 Å². The Morgan fingerprint density at radius 2 is 0.768 bits per heavy atom. The summed E-state index contributed by atoms with van der Waals surface area (Å²) in [5, 5.41) is 55.2. The number of phenols is 1. The zero-order valence-corrected chi connectivity index (χ0v) is 82.4. The molecule has 0 saturated carbocycles. The first-order chi connectivity index (χ1) is 65.8. The SMILES string of the molecule is C=c1c2ccc3c4cccc5cccc(c6ccc(c(=O)n1C(C)(C)C)c2c36)c54.C=c1ccc2c(c1)Oc1cc(O)ccc1C=2c1cc(C(C)(C)C)ccc1C(=O)O.CC(C)(C)c1ccc2c3cccc4cccc(c5cccc1c52)c43.CC(C)(C)c1ccc2ccc3cccc4ccc1c2c34.CN(C)c1ccc(C#Cc2cc(C(C)(C)C)c(C#Cc3ccc(N(C)C)cc3)c3ccccc23)cc1. The summed E-state index contributed by atoms with van der Waals surface area (Å²) in [7, 11) is 8.19. The van der Waals surface area contributed by atoms with Crippen molar-refractivity contribution < 1.29 is 19.7 Å². The van der Waals surface area contributed by atoms with Gasteiger partial charge in [0.25, 0.3) is 5.56 Å². The number of anilines is 2. The molecule has 0 radical (unpaired) electrons. The average Bonchev–Trinajstić information content (AvgIpc) is 0.691. The van der Waals surface area contributed by atoms with Crippen molar-refractivity contribution in [3.05, 3.63) is 403 Å². The Hall–Kier alpha value is -15.7. The predicted molar refractivity (Wildman–Crippen MR) is 590 cm³/mol. The highest BCUT2D eigenvalue weighted by Gasteiger charge is 2.30. The van der Waals surface area contributed by atoms with Crippen LogP contribution in [0.5, 0.6) is 17.2 Å². The van der Waals surface area contributed by atoms with E-state index in [2.05, 4.69) is 405 Å². The van der Waals surface area contributed by atoms with Crippen LogP contribution >= 0.6 is 0 Å². The quantitative estimate of drug-likeness (QED) is 0.103. The monoisotopic (exact) mass is 1800 g/mol. The maximum absolute atomic E-state index is 13.5. The lowest BCUT2D eigenvalue weighted by atomic mass is 9.80. The zero-order valence-electron chi connectivity index (χ0n) is 82.4. The number of aromatic nitrogens is 1. The van der Waals surface area contributed by atoms with Crippen molar-refractivity contribution >= 4 is 176 Å². The van der Waals surface area contributed by atoms with Gasteiger partial charge in [0, 0.05) is 111 Å². The molecule has 0 bridgehead atoms. The van der Waals surface area contributed by atoms with E-state index in [9.17, 15) is 19.8 Å². The number of nitrogens with zero attached hydrogens (tertiary/aromatic N) is 3. The molecule has 8 nitrogen and oxygen atoms in total. The van der Waals surface area contributed by atoms with Gasteiger partial charge in [-0.1, -0.05) is 338 Å². The van der Waals surface area contributed by atoms with E-state index in [0.717, 1.165) is 81.7 Å². The molecule has 1 aliphatic rings. The highest BCUT2D eigenvalue weighted by molar-refractivity contribution is 6.37. The Bertz CT molecular complexity index is 8870. The molecule has 2 heterocycles. The van der Waals surface area contributed by atoms with E-state index < -0.39 is 5.97 Å². The second kappa shape index (κ2) is 34.9. The minimum absolute atomic E-state index is 0.0377. The molecule has 680 valence electrons. The Morgan fingerprint density at radius 3 is 1.30 bits per heavy atom. The van der Waals surface area contributed by atoms with Crippen molar-refractivity contribution in [3.63, 3.8) is 0 Å². The number of pyridine rings is 1. The number of carbonyl (C=O) groups is 1. The van der Waals surface area contributed by atoms with Crippen LogP contribution in [-0.4, -0.2) is 48.9 Å². The maximum Gasteiger partial charge on any atom is 0.336 e. The Morgan fingerprint density at radius 1 is 0.341 bits per heavy atom. The molecule has 0 amide bonds. The first kappa shape index (κ1) is 91.4. The van der Waals surface area contributed by atoms with Gasteiger partial charge in [0.15, 0.2) is 0 Å². The number of carboxylic acid groups (broad SMARTS) is 1. The number of fused-ring (bicyclic) bond motifs is 7. The molecule has 22 aromatic rings. The lowest BCUT2D eigenvalue weighted by Gasteiger charge is -2.25. The number of rotatable bonds is 4. The number of phenolic OH excluding ortho intramolecular Hbond substituents is 1. The topological polar surface area (TPSA) is 95.2 Å². The molecule has 0 saturated heterocycles. The van der Waals surface area contributed by atoms with Gasteiger partial charge in [0.1, 0.15) is 17.2 Å². The summed E-state index contributed by atoms with van der Waals surface area (Å²) in [5.41, 5.74) is 13.7. The summed E-state index contributed by atoms with van der Waals surface area (Å²) in [6.45, 7) is 41.2. The zero-order chi connectivity index (χ0) is 97.2. The minimum Gasteiger partial charge on any atom is -0.508 e. The molecule has 21 aromatic carbocycles. The molecule has 8 heteroatoms. The summed E-state index contributed by atoms with van der Waals surface area (Å²) in [6, 6.07) is 110. The maximum atomic E-state index is 13.5. The Labute approximate surface area is 807 Å². The van der Waals surface area contributed by atoms with Crippen molar-refractivity contribution in [2.45, 2.75) is 131 Å². The molecule has 0 unspecified atom stereocenters. The predicted octanol–water partition coefficient (Wildman–Crippen LogP) is 30.1. The van der Waals surface area contributed by atoms with Crippen LogP contribution in [0.1, 0.15) is 170 Å². The fourth-order valence-electron chi connectivity index (χ4n) is 20.7. The average molecular weight is 1800 g/mol. The van der Waals surface area contributed by atoms with E-state index in [1.807, 2.05) is 69.2 Å². The van der Waals surface area contributed by atoms with Gasteiger partial charge in [-0.2, -0.15) is 0 Å². The van der Waals surface area contributed by atoms with E-state index in [4.69, 9.17) is 4.74 Å². The van der Waals surface area contributed by atoms with Gasteiger partial charge in [0.2, 0.25) is 0 Å². The van der Waals surface area contributed by atoms with Crippen molar-refractivity contribution in [1.29, 1.82) is 0 Å². The molecule has 0 fully saturated rings. The molecular formula is C130H115N3O5. The molecule has 1 aliphatic heterocycles. The summed E-state index contributed by atoms with van der Waals surface area (Å²) >= 11 is 0. The third-order valence-electron chi connectivity index (χ3n) is 27.4. The summed E-state index contributed by atoms with van der Waals surface area (Å²) < 4.78 is 7.86. The molecule has 0 atom stereocenters. The molecule has 138 heavy (non-hydrogen) atoms. The van der Waals surface area contributed by atoms with Gasteiger partial charge in [-0.25, -0.2) is 4.79 Å². The van der Waals surface area contributed by atoms with Crippen LogP contribution in [0.3, 0.4) is 0 Å². The van der Waals surface area contributed by atoms with E-state index >= 15 is 0 Å². The Kier molecular flexibility index (Phi) is 23.1. The third-order valence-corrected chi connectivity index (χ3v) is 27.4. The normalized spacial score (nSPS) is 12.3. The van der Waals surface area contributed by atoms with Crippen molar-refractivity contribution in [1.82, 2.24) is 4.57 Å². The number of hydrogen-bond donors (Lipinski definition) is 2. The van der Waals surface area contributed by atoms with Gasteiger partial charge in [0.05, 0.1) is 5.56 Å². The van der Waals surface area contributed by atoms with Gasteiger partial charge >= 0.3 is 5.97 Å². The molecule has 23 rings (SSSR count). The minimum atomic E-state index is -0.991. The van der Waals surface area contributed by atoms with E-state index in [1.54, 1.807) is 24.3 Å². The molecular weight excluding hydrogens is 1680 g/mol. The fraction of sp³-hybridized carbons (Fsp3) is 0.185. The van der Waals surface area contributed by atoms with E-state index in [-0.39, 0.29) is 44.1 Å². The lowest BCUT2D eigenvalue weighted by Crippen LogP contribution is -2.43. The summed E-state index contributed by atoms with van der Waals surface area (Å²) in [6.07, 6.45) is 0. The van der Waals surface area contributed by atoms with Gasteiger partial charge < -0.3 is 29.3 Å². The smallest absolute Gasteiger partial charge is 0.336 e. The van der Waals surface area contributed by atoms with Gasteiger partial charge in [-0.05, 0) is 290 Å². The largest absolute Gasteiger partial charge is 0.508 e. The number of ether oxygens (including phenoxy) is 1. The fourth-order valence-corrected chi connectivity index (χ4v) is 20.7. The van der Waals surface area contributed by atoms with Crippen molar-refractivity contribution in [2.75, 3.05) is 38.0 Å². The molecule has 2 N–H and O–H groups in total. The standard InChI is InChI=1S/C34H34N2.C27H21NO.C25H22O4.C24H20.C20H18/c1-34(2,3)33-24-27(18-12-25-13-19-28(20-14-25)35(4)5)30-10-8-9-11-31(30)32(33)23-17-26-15-21-29(22-16-26)36(6)7;1-15-17-11-12-20-18-9-5-7-16-8-6-10-19(23(16)18)21-13-14-22(24(17)25(20)21)26(29)28(15)27(2,3)4;1-14-5-8-18-21(11-14)29-22-13-16(26)7-10-19(22)23(18)20-12-15(25(2,3)4)6-9-17(20)24(27)28;1-24(2,3)21-14-13-19-17-10-5-8-15-7-4-9-16(22(15)17)18-11-6-12-20(21)23(18)19;1-20(2,3)17-12-10-15-8-7-13-5-4-6-14-9-11-16(17)19(15)18(13)14/h8-11,13-16,19-22,24H,1-7H3;5-14H,1H2,2-4H3;5-13,26H,1H2,2-4H3,(H,27,28);4-14H,1-3H3;4-12H,1-3H3. The third kappa shape index (κ3) is 16.7. The highest BCUT2D eigenvalue weighted by Crippen LogP contribution is 2.48.